The highest BCUT2D eigenvalue weighted by molar-refractivity contribution is 5.64. The van der Waals surface area contributed by atoms with Gasteiger partial charge in [0, 0.05) is 19.2 Å². The molecule has 0 saturated carbocycles. The summed E-state index contributed by atoms with van der Waals surface area (Å²) in [6.07, 6.45) is 1.66. The van der Waals surface area contributed by atoms with Crippen molar-refractivity contribution in [1.82, 2.24) is 14.8 Å². The highest BCUT2D eigenvalue weighted by Gasteiger charge is 2.24. The lowest BCUT2D eigenvalue weighted by molar-refractivity contribution is -0.384. The summed E-state index contributed by atoms with van der Waals surface area (Å²) in [6, 6.07) is 4.78. The number of nitrogens with zero attached hydrogens (tertiary/aromatic N) is 5. The molecule has 0 atom stereocenters. The molecule has 0 unspecified atom stereocenters. The molecule has 1 aliphatic rings. The smallest absolute Gasteiger partial charge is 0.292 e. The van der Waals surface area contributed by atoms with Gasteiger partial charge in [0.05, 0.1) is 18.1 Å². The van der Waals surface area contributed by atoms with E-state index in [9.17, 15) is 10.1 Å². The first kappa shape index (κ1) is 12.5. The van der Waals surface area contributed by atoms with Gasteiger partial charge in [0.1, 0.15) is 12.0 Å². The highest BCUT2D eigenvalue weighted by Crippen LogP contribution is 2.31. The first-order chi connectivity index (χ1) is 9.69. The van der Waals surface area contributed by atoms with E-state index >= 15 is 0 Å². The fourth-order valence-corrected chi connectivity index (χ4v) is 2.35. The molecule has 1 aromatic carbocycles. The Morgan fingerprint density at radius 3 is 3.00 bits per heavy atom. The van der Waals surface area contributed by atoms with Gasteiger partial charge in [0.15, 0.2) is 5.82 Å². The molecule has 8 nitrogen and oxygen atoms in total. The van der Waals surface area contributed by atoms with Crippen molar-refractivity contribution in [3.05, 3.63) is 46.0 Å². The largest absolute Gasteiger partial charge is 0.392 e. The number of fused-ring (bicyclic) bond motifs is 1. The maximum Gasteiger partial charge on any atom is 0.292 e. The number of hydrogen-bond donors (Lipinski definition) is 1. The molecule has 1 N–H and O–H groups in total. The molecule has 0 radical (unpaired) electrons. The van der Waals surface area contributed by atoms with Crippen molar-refractivity contribution in [2.75, 3.05) is 11.4 Å². The normalized spacial score (nSPS) is 14.2. The predicted molar refractivity (Wildman–Crippen MR) is 70.1 cm³/mol. The molecule has 0 saturated heterocycles. The second-order valence-corrected chi connectivity index (χ2v) is 4.60. The minimum Gasteiger partial charge on any atom is -0.392 e. The average molecular weight is 275 g/mol. The summed E-state index contributed by atoms with van der Waals surface area (Å²) in [4.78, 5) is 12.7. The van der Waals surface area contributed by atoms with Crippen LogP contribution in [0.2, 0.25) is 0 Å². The molecule has 1 aliphatic heterocycles. The molecule has 0 amide bonds. The fourth-order valence-electron chi connectivity index (χ4n) is 2.35. The number of nitro groups is 1. The predicted octanol–water partition coefficient (Wildman–Crippen LogP) is 0.699. The van der Waals surface area contributed by atoms with E-state index in [1.54, 1.807) is 18.5 Å². The molecule has 1 aromatic heterocycles. The number of hydrogen-bond acceptors (Lipinski definition) is 6. The summed E-state index contributed by atoms with van der Waals surface area (Å²) in [6.45, 7) is 1.63. The van der Waals surface area contributed by atoms with E-state index in [1.807, 2.05) is 9.47 Å². The molecule has 2 heterocycles. The minimum absolute atomic E-state index is 0.00418. The Morgan fingerprint density at radius 1 is 1.40 bits per heavy atom. The molecule has 2 aromatic rings. The molecule has 0 spiro atoms. The van der Waals surface area contributed by atoms with E-state index in [1.165, 1.54) is 6.07 Å². The van der Waals surface area contributed by atoms with Crippen LogP contribution in [-0.2, 0) is 19.7 Å². The average Bonchev–Trinajstić information content (AvgIpc) is 2.93. The first-order valence-electron chi connectivity index (χ1n) is 6.19. The highest BCUT2D eigenvalue weighted by atomic mass is 16.6. The van der Waals surface area contributed by atoms with Crippen LogP contribution in [0.4, 0.5) is 11.4 Å². The van der Waals surface area contributed by atoms with Crippen LogP contribution in [-0.4, -0.2) is 31.3 Å². The summed E-state index contributed by atoms with van der Waals surface area (Å²) in [7, 11) is 0. The van der Waals surface area contributed by atoms with E-state index < -0.39 is 4.92 Å². The summed E-state index contributed by atoms with van der Waals surface area (Å²) < 4.78 is 1.93. The zero-order chi connectivity index (χ0) is 14.1. The van der Waals surface area contributed by atoms with Gasteiger partial charge in [-0.25, -0.2) is 0 Å². The molecule has 0 fully saturated rings. The van der Waals surface area contributed by atoms with Crippen LogP contribution in [0.5, 0.6) is 0 Å². The number of nitro benzene ring substituents is 1. The van der Waals surface area contributed by atoms with Gasteiger partial charge in [-0.1, -0.05) is 6.07 Å². The molecule has 3 rings (SSSR count). The Bertz CT molecular complexity index is 654. The van der Waals surface area contributed by atoms with Crippen LogP contribution in [0.1, 0.15) is 11.4 Å². The summed E-state index contributed by atoms with van der Waals surface area (Å²) in [5.74, 6) is 0.789. The zero-order valence-corrected chi connectivity index (χ0v) is 10.6. The van der Waals surface area contributed by atoms with E-state index in [0.717, 1.165) is 5.82 Å². The van der Waals surface area contributed by atoms with Crippen LogP contribution in [0, 0.1) is 10.1 Å². The number of anilines is 1. The van der Waals surface area contributed by atoms with Crippen LogP contribution in [0.3, 0.4) is 0 Å². The van der Waals surface area contributed by atoms with Gasteiger partial charge in [-0.3, -0.25) is 10.1 Å². The van der Waals surface area contributed by atoms with Crippen LogP contribution in [0.15, 0.2) is 24.5 Å². The topological polar surface area (TPSA) is 97.3 Å². The van der Waals surface area contributed by atoms with Crippen LogP contribution < -0.4 is 4.90 Å². The van der Waals surface area contributed by atoms with Crippen LogP contribution in [0.25, 0.3) is 0 Å². The maximum atomic E-state index is 11.2. The van der Waals surface area contributed by atoms with Crippen molar-refractivity contribution in [1.29, 1.82) is 0 Å². The van der Waals surface area contributed by atoms with Gasteiger partial charge in [-0.05, 0) is 11.6 Å². The monoisotopic (exact) mass is 275 g/mol. The van der Waals surface area contributed by atoms with Crippen molar-refractivity contribution in [3.63, 3.8) is 0 Å². The first-order valence-corrected chi connectivity index (χ1v) is 6.19. The summed E-state index contributed by atoms with van der Waals surface area (Å²) >= 11 is 0. The Balaban J connectivity index is 1.96. The Kier molecular flexibility index (Phi) is 3.07. The lowest BCUT2D eigenvalue weighted by atomic mass is 10.1. The van der Waals surface area contributed by atoms with E-state index in [-0.39, 0.29) is 12.3 Å². The van der Waals surface area contributed by atoms with E-state index in [2.05, 4.69) is 10.2 Å². The zero-order valence-electron chi connectivity index (χ0n) is 10.6. The lowest BCUT2D eigenvalue weighted by Gasteiger charge is -2.28. The Morgan fingerprint density at radius 2 is 2.25 bits per heavy atom. The number of aliphatic hydroxyl groups excluding tert-OH is 1. The van der Waals surface area contributed by atoms with Crippen molar-refractivity contribution in [3.8, 4) is 0 Å². The molecular formula is C12H13N5O3. The molecule has 8 heteroatoms. The SMILES string of the molecule is O=[N+]([O-])c1cc(CO)ccc1N1CCn2cnnc2C1. The van der Waals surface area contributed by atoms with Gasteiger partial charge >= 0.3 is 0 Å². The van der Waals surface area contributed by atoms with Crippen molar-refractivity contribution < 1.29 is 10.0 Å². The van der Waals surface area contributed by atoms with Gasteiger partial charge in [0.25, 0.3) is 5.69 Å². The third kappa shape index (κ3) is 2.10. The van der Waals surface area contributed by atoms with Crippen molar-refractivity contribution in [2.45, 2.75) is 19.7 Å². The Labute approximate surface area is 114 Å². The number of aliphatic hydroxyl groups is 1. The minimum atomic E-state index is -0.423. The summed E-state index contributed by atoms with van der Waals surface area (Å²) in [5.41, 5.74) is 1.08. The molecular weight excluding hydrogens is 262 g/mol. The van der Waals surface area contributed by atoms with E-state index in [4.69, 9.17) is 5.11 Å². The second-order valence-electron chi connectivity index (χ2n) is 4.60. The number of rotatable bonds is 3. The third-order valence-electron chi connectivity index (χ3n) is 3.40. The molecule has 104 valence electrons. The summed E-state index contributed by atoms with van der Waals surface area (Å²) in [5, 5.41) is 28.1. The maximum absolute atomic E-state index is 11.2. The lowest BCUT2D eigenvalue weighted by Crippen LogP contribution is -2.34. The quantitative estimate of drug-likeness (QED) is 0.654. The van der Waals surface area contributed by atoms with E-state index in [0.29, 0.717) is 30.9 Å². The third-order valence-corrected chi connectivity index (χ3v) is 3.40. The van der Waals surface area contributed by atoms with Gasteiger partial charge in [-0.2, -0.15) is 0 Å². The van der Waals surface area contributed by atoms with Crippen molar-refractivity contribution in [2.24, 2.45) is 0 Å². The number of aromatic nitrogens is 3. The molecule has 0 bridgehead atoms. The Hall–Kier alpha value is -2.48. The number of benzene rings is 1. The standard InChI is InChI=1S/C12H13N5O3/c18-7-9-1-2-10(11(5-9)17(19)20)15-3-4-16-8-13-14-12(16)6-15/h1-2,5,8,18H,3-4,6-7H2. The second kappa shape index (κ2) is 4.89. The molecule has 20 heavy (non-hydrogen) atoms. The van der Waals surface area contributed by atoms with Crippen molar-refractivity contribution >= 4 is 11.4 Å². The fraction of sp³-hybridized carbons (Fsp3) is 0.333. The van der Waals surface area contributed by atoms with Crippen LogP contribution >= 0.6 is 0 Å². The van der Waals surface area contributed by atoms with Gasteiger partial charge < -0.3 is 14.6 Å². The van der Waals surface area contributed by atoms with Gasteiger partial charge in [0.2, 0.25) is 0 Å². The molecule has 0 aliphatic carbocycles. The van der Waals surface area contributed by atoms with Gasteiger partial charge in [-0.15, -0.1) is 10.2 Å².